The van der Waals surface area contributed by atoms with Gasteiger partial charge in [0.05, 0.1) is 6.10 Å². The van der Waals surface area contributed by atoms with E-state index in [2.05, 4.69) is 39.4 Å². The molecule has 2 fully saturated rings. The highest BCUT2D eigenvalue weighted by Crippen LogP contribution is 2.27. The van der Waals surface area contributed by atoms with Crippen LogP contribution in [-0.4, -0.2) is 56.3 Å². The van der Waals surface area contributed by atoms with Gasteiger partial charge in [0.2, 0.25) is 0 Å². The molecule has 2 aliphatic rings. The Hall–Kier alpha value is -3.12. The van der Waals surface area contributed by atoms with Gasteiger partial charge in [0.25, 0.3) is 5.91 Å². The van der Waals surface area contributed by atoms with E-state index in [1.165, 1.54) is 5.69 Å². The van der Waals surface area contributed by atoms with Crippen LogP contribution >= 0.6 is 0 Å². The zero-order valence-electron chi connectivity index (χ0n) is 17.7. The molecular weight excluding hydrogens is 388 g/mol. The molecule has 0 saturated carbocycles. The van der Waals surface area contributed by atoms with Crippen molar-refractivity contribution in [1.82, 2.24) is 10.3 Å². The number of para-hydroxylation sites is 1. The lowest BCUT2D eigenvalue weighted by molar-refractivity contribution is 0.0858. The number of amides is 1. The quantitative estimate of drug-likeness (QED) is 0.690. The van der Waals surface area contributed by atoms with Crippen molar-refractivity contribution in [2.75, 3.05) is 49.1 Å². The summed E-state index contributed by atoms with van der Waals surface area (Å²) in [5.41, 5.74) is 1.93. The number of fused-ring (bicyclic) bond motifs is 1. The average Bonchev–Trinajstić information content (AvgIpc) is 3.36. The van der Waals surface area contributed by atoms with Crippen LogP contribution in [0.15, 0.2) is 60.8 Å². The van der Waals surface area contributed by atoms with E-state index in [0.29, 0.717) is 12.1 Å². The molecule has 0 bridgehead atoms. The average molecular weight is 417 g/mol. The third-order valence-corrected chi connectivity index (χ3v) is 6.22. The van der Waals surface area contributed by atoms with Crippen molar-refractivity contribution >= 4 is 28.2 Å². The Morgan fingerprint density at radius 1 is 1.03 bits per heavy atom. The van der Waals surface area contributed by atoms with Gasteiger partial charge >= 0.3 is 0 Å². The molecule has 5 rings (SSSR count). The molecule has 1 atom stereocenters. The highest BCUT2D eigenvalue weighted by molar-refractivity contribution is 6.01. The van der Waals surface area contributed by atoms with Gasteiger partial charge in [-0.1, -0.05) is 24.3 Å². The number of hydrogen-bond acceptors (Lipinski definition) is 5. The first-order valence-corrected chi connectivity index (χ1v) is 11.1. The molecule has 1 amide bonds. The van der Waals surface area contributed by atoms with Crippen LogP contribution in [0.1, 0.15) is 23.2 Å². The summed E-state index contributed by atoms with van der Waals surface area (Å²) in [7, 11) is 0. The third kappa shape index (κ3) is 4.35. The maximum Gasteiger partial charge on any atom is 0.251 e. The third-order valence-electron chi connectivity index (χ3n) is 6.22. The van der Waals surface area contributed by atoms with Crippen molar-refractivity contribution in [2.45, 2.75) is 18.9 Å². The van der Waals surface area contributed by atoms with Crippen LogP contribution in [0.5, 0.6) is 0 Å². The number of hydrogen-bond donors (Lipinski definition) is 1. The molecule has 2 aliphatic heterocycles. The number of benzene rings is 2. The number of pyridine rings is 1. The SMILES string of the molecule is O=C(NCC1CCCO1)c1ccc2ccnc(N3CCN(c4ccccc4)CC3)c2c1. The van der Waals surface area contributed by atoms with Gasteiger partial charge in [-0.05, 0) is 48.6 Å². The van der Waals surface area contributed by atoms with Crippen molar-refractivity contribution in [1.29, 1.82) is 0 Å². The van der Waals surface area contributed by atoms with Gasteiger partial charge < -0.3 is 19.9 Å². The molecule has 6 nitrogen and oxygen atoms in total. The summed E-state index contributed by atoms with van der Waals surface area (Å²) in [6.07, 6.45) is 4.09. The Morgan fingerprint density at radius 3 is 2.61 bits per heavy atom. The van der Waals surface area contributed by atoms with Crippen LogP contribution in [0, 0.1) is 0 Å². The minimum Gasteiger partial charge on any atom is -0.376 e. The van der Waals surface area contributed by atoms with Crippen molar-refractivity contribution in [3.8, 4) is 0 Å². The highest BCUT2D eigenvalue weighted by Gasteiger charge is 2.21. The van der Waals surface area contributed by atoms with Crippen LogP contribution in [0.4, 0.5) is 11.5 Å². The van der Waals surface area contributed by atoms with E-state index in [0.717, 1.165) is 62.2 Å². The number of rotatable bonds is 5. The first-order valence-electron chi connectivity index (χ1n) is 11.1. The summed E-state index contributed by atoms with van der Waals surface area (Å²) < 4.78 is 5.61. The van der Waals surface area contributed by atoms with E-state index < -0.39 is 0 Å². The summed E-state index contributed by atoms with van der Waals surface area (Å²) in [6.45, 7) is 5.06. The maximum absolute atomic E-state index is 12.7. The van der Waals surface area contributed by atoms with Gasteiger partial charge in [-0.25, -0.2) is 4.98 Å². The van der Waals surface area contributed by atoms with E-state index >= 15 is 0 Å². The number of piperazine rings is 1. The fourth-order valence-electron chi connectivity index (χ4n) is 4.48. The van der Waals surface area contributed by atoms with E-state index in [4.69, 9.17) is 9.72 Å². The fourth-order valence-corrected chi connectivity index (χ4v) is 4.48. The smallest absolute Gasteiger partial charge is 0.251 e. The Balaban J connectivity index is 1.32. The molecule has 0 spiro atoms. The Morgan fingerprint density at radius 2 is 1.84 bits per heavy atom. The van der Waals surface area contributed by atoms with Crippen molar-refractivity contribution in [3.63, 3.8) is 0 Å². The lowest BCUT2D eigenvalue weighted by Crippen LogP contribution is -2.46. The standard InChI is InChI=1S/C25H28N4O2/c30-25(27-18-22-7-4-16-31-22)20-9-8-19-10-11-26-24(23(19)17-20)29-14-12-28(13-15-29)21-5-2-1-3-6-21/h1-3,5-6,8-11,17,22H,4,7,12-16,18H2,(H,27,30). The highest BCUT2D eigenvalue weighted by atomic mass is 16.5. The van der Waals surface area contributed by atoms with Crippen LogP contribution < -0.4 is 15.1 Å². The summed E-state index contributed by atoms with van der Waals surface area (Å²) in [5.74, 6) is 0.903. The molecule has 3 heterocycles. The van der Waals surface area contributed by atoms with E-state index in [-0.39, 0.29) is 12.0 Å². The van der Waals surface area contributed by atoms with E-state index in [1.54, 1.807) is 0 Å². The number of anilines is 2. The second kappa shape index (κ2) is 8.94. The minimum atomic E-state index is -0.0545. The number of nitrogens with zero attached hydrogens (tertiary/aromatic N) is 3. The minimum absolute atomic E-state index is 0.0545. The Labute approximate surface area is 182 Å². The van der Waals surface area contributed by atoms with Crippen molar-refractivity contribution in [3.05, 3.63) is 66.4 Å². The molecule has 1 aromatic heterocycles. The molecular formula is C25H28N4O2. The number of ether oxygens (including phenoxy) is 1. The molecule has 2 saturated heterocycles. The molecule has 31 heavy (non-hydrogen) atoms. The summed E-state index contributed by atoms with van der Waals surface area (Å²) in [5, 5.41) is 5.16. The largest absolute Gasteiger partial charge is 0.376 e. The van der Waals surface area contributed by atoms with Crippen molar-refractivity contribution < 1.29 is 9.53 Å². The molecule has 6 heteroatoms. The Kier molecular flexibility index (Phi) is 5.71. The number of carbonyl (C=O) groups is 1. The zero-order valence-corrected chi connectivity index (χ0v) is 17.7. The maximum atomic E-state index is 12.7. The molecule has 0 radical (unpaired) electrons. The van der Waals surface area contributed by atoms with Crippen LogP contribution in [-0.2, 0) is 4.74 Å². The zero-order chi connectivity index (χ0) is 21.0. The van der Waals surface area contributed by atoms with Crippen LogP contribution in [0.2, 0.25) is 0 Å². The number of nitrogens with one attached hydrogen (secondary N) is 1. The van der Waals surface area contributed by atoms with E-state index in [1.807, 2.05) is 36.5 Å². The first-order chi connectivity index (χ1) is 15.3. The Bertz CT molecular complexity index is 1040. The second-order valence-electron chi connectivity index (χ2n) is 8.23. The molecule has 3 aromatic rings. The van der Waals surface area contributed by atoms with Gasteiger partial charge in [0.1, 0.15) is 5.82 Å². The molecule has 160 valence electrons. The van der Waals surface area contributed by atoms with Crippen LogP contribution in [0.3, 0.4) is 0 Å². The van der Waals surface area contributed by atoms with Gasteiger partial charge in [-0.2, -0.15) is 0 Å². The molecule has 1 N–H and O–H groups in total. The molecule has 0 aliphatic carbocycles. The summed E-state index contributed by atoms with van der Waals surface area (Å²) >= 11 is 0. The lowest BCUT2D eigenvalue weighted by Gasteiger charge is -2.37. The van der Waals surface area contributed by atoms with Gasteiger partial charge in [0, 0.05) is 62.2 Å². The predicted octanol–water partition coefficient (Wildman–Crippen LogP) is 3.47. The van der Waals surface area contributed by atoms with Crippen LogP contribution in [0.25, 0.3) is 10.8 Å². The van der Waals surface area contributed by atoms with Crippen molar-refractivity contribution in [2.24, 2.45) is 0 Å². The summed E-state index contributed by atoms with van der Waals surface area (Å²) in [4.78, 5) is 22.2. The predicted molar refractivity (Wildman–Crippen MR) is 124 cm³/mol. The van der Waals surface area contributed by atoms with Gasteiger partial charge in [-0.3, -0.25) is 4.79 Å². The second-order valence-corrected chi connectivity index (χ2v) is 8.23. The van der Waals surface area contributed by atoms with Gasteiger partial charge in [-0.15, -0.1) is 0 Å². The number of carbonyl (C=O) groups excluding carboxylic acids is 1. The number of aromatic nitrogens is 1. The fraction of sp³-hybridized carbons (Fsp3) is 0.360. The molecule has 1 unspecified atom stereocenters. The topological polar surface area (TPSA) is 57.7 Å². The lowest BCUT2D eigenvalue weighted by atomic mass is 10.1. The van der Waals surface area contributed by atoms with E-state index in [9.17, 15) is 4.79 Å². The summed E-state index contributed by atoms with van der Waals surface area (Å²) in [6, 6.07) is 18.4. The molecule has 2 aromatic carbocycles. The van der Waals surface area contributed by atoms with Gasteiger partial charge in [0.15, 0.2) is 0 Å². The first kappa shape index (κ1) is 19.8. The normalized spacial score (nSPS) is 19.0. The monoisotopic (exact) mass is 416 g/mol.